The third kappa shape index (κ3) is 16.7. The zero-order valence-electron chi connectivity index (χ0n) is 48.9. The molecule has 0 spiro atoms. The van der Waals surface area contributed by atoms with Crippen LogP contribution in [0.2, 0.25) is 0 Å². The van der Waals surface area contributed by atoms with Gasteiger partial charge in [-0.3, -0.25) is 10.1 Å². The van der Waals surface area contributed by atoms with E-state index in [0.29, 0.717) is 82.2 Å². The number of sulfonamides is 2. The summed E-state index contributed by atoms with van der Waals surface area (Å²) in [6, 6.07) is 37.5. The van der Waals surface area contributed by atoms with Crippen molar-refractivity contribution in [3.63, 3.8) is 0 Å². The molecular formula is C64H65Br2N5O16S4. The number of aliphatic carboxylic acids is 2. The van der Waals surface area contributed by atoms with E-state index in [0.717, 1.165) is 54.8 Å². The van der Waals surface area contributed by atoms with Gasteiger partial charge in [0.05, 0.1) is 47.3 Å². The SMILES string of the molecule is O=C(OCc1ccccc1[N+](=O)[O-])c1sc(-c2cccc(NC3CCN(S(=O)(=O)Cc4ccccc4)CC3)c2)c(Br)c1OC(C(=O)O)C(Oc1c(C(=O)OCC2CCCCC2)sc(-c2cccc(NC3CCN(S(=O)(=O)Cc4ccccc4)CC3)c2)c1Br)C(=O)O. The van der Waals surface area contributed by atoms with Crippen LogP contribution in [-0.4, -0.2) is 122 Å². The molecular weight excluding hydrogens is 1380 g/mol. The number of nitro groups is 1. The van der Waals surface area contributed by atoms with Gasteiger partial charge in [-0.2, -0.15) is 0 Å². The first-order valence-corrected chi connectivity index (χ1v) is 35.9. The molecule has 1 aliphatic carbocycles. The zero-order chi connectivity index (χ0) is 64.4. The second kappa shape index (κ2) is 30.0. The number of hydrogen-bond acceptors (Lipinski definition) is 18. The Morgan fingerprint density at radius 1 is 0.582 bits per heavy atom. The normalized spacial score (nSPS) is 16.3. The fourth-order valence-electron chi connectivity index (χ4n) is 11.3. The van der Waals surface area contributed by atoms with Gasteiger partial charge in [0.2, 0.25) is 32.3 Å². The molecule has 27 heteroatoms. The number of thiophene rings is 2. The summed E-state index contributed by atoms with van der Waals surface area (Å²) in [5, 5.41) is 41.0. The van der Waals surface area contributed by atoms with Crippen LogP contribution in [0.15, 0.2) is 142 Å². The quantitative estimate of drug-likeness (QED) is 0.0223. The second-order valence-electron chi connectivity index (χ2n) is 22.4. The van der Waals surface area contributed by atoms with Gasteiger partial charge in [-0.05, 0) is 129 Å². The van der Waals surface area contributed by atoms with Crippen molar-refractivity contribution in [1.29, 1.82) is 0 Å². The highest BCUT2D eigenvalue weighted by molar-refractivity contribution is 9.11. The molecule has 2 aliphatic heterocycles. The molecule has 21 nitrogen and oxygen atoms in total. The van der Waals surface area contributed by atoms with Crippen molar-refractivity contribution >= 4 is 116 Å². The fraction of sp³-hybridized carbons (Fsp3) is 0.344. The standard InChI is InChI=1S/C64H65Br2N5O16S4/c65-51-53(59(63(76)84-36-40-14-4-1-5-15-40)88-57(51)43-21-12-23-48(34-43)67-46-26-30-69(31-27-46)90(80,81)38-41-16-6-2-7-17-41)86-55(61(72)73)56(62(74)75)87-54-52(66)58(89-60(54)64(77)85-37-45-20-10-11-25-50(45)71(78)79)44-22-13-24-49(35-44)68-47-28-32-70(33-29-47)91(82,83)39-42-18-8-3-9-19-42/h2-3,6-13,16-25,34-35,40,46-47,55-56,67-68H,1,4-5,14-15,26-33,36-39H2,(H,72,73)(H,74,75). The zero-order valence-corrected chi connectivity index (χ0v) is 55.4. The minimum absolute atomic E-state index is 0.0118. The van der Waals surface area contributed by atoms with E-state index in [9.17, 15) is 56.3 Å². The first kappa shape index (κ1) is 66.7. The molecule has 3 aliphatic rings. The molecule has 10 rings (SSSR count). The number of nitrogens with one attached hydrogen (secondary N) is 2. The van der Waals surface area contributed by atoms with E-state index in [4.69, 9.17) is 18.9 Å². The first-order valence-electron chi connectivity index (χ1n) is 29.5. The van der Waals surface area contributed by atoms with E-state index < -0.39 is 73.4 Å². The summed E-state index contributed by atoms with van der Waals surface area (Å²) in [6.45, 7) is 0.657. The lowest BCUT2D eigenvalue weighted by molar-refractivity contribution is -0.385. The van der Waals surface area contributed by atoms with Gasteiger partial charge in [0.15, 0.2) is 21.3 Å². The summed E-state index contributed by atoms with van der Waals surface area (Å²) in [5.41, 5.74) is 3.42. The van der Waals surface area contributed by atoms with Crippen LogP contribution in [0.3, 0.4) is 0 Å². The number of carbonyl (C=O) groups is 4. The smallest absolute Gasteiger partial charge is 0.352 e. The van der Waals surface area contributed by atoms with Crippen LogP contribution in [0.5, 0.6) is 11.5 Å². The Hall–Kier alpha value is -7.24. The highest BCUT2D eigenvalue weighted by Crippen LogP contribution is 2.50. The van der Waals surface area contributed by atoms with Crippen LogP contribution in [0.4, 0.5) is 17.1 Å². The maximum absolute atomic E-state index is 14.4. The number of rotatable bonds is 26. The maximum atomic E-state index is 14.4. The molecule has 4 N–H and O–H groups in total. The van der Waals surface area contributed by atoms with Crippen LogP contribution < -0.4 is 20.1 Å². The molecule has 2 saturated heterocycles. The van der Waals surface area contributed by atoms with E-state index in [1.807, 2.05) is 24.3 Å². The number of carboxylic acids is 2. The number of carbonyl (C=O) groups excluding carboxylic acids is 2. The molecule has 3 fully saturated rings. The van der Waals surface area contributed by atoms with Crippen LogP contribution in [0.25, 0.3) is 20.9 Å². The number of hydrogen-bond donors (Lipinski definition) is 4. The first-order chi connectivity index (χ1) is 43.7. The van der Waals surface area contributed by atoms with Crippen molar-refractivity contribution in [3.8, 4) is 32.4 Å². The van der Waals surface area contributed by atoms with E-state index in [1.54, 1.807) is 84.9 Å². The lowest BCUT2D eigenvalue weighted by Crippen LogP contribution is -2.47. The van der Waals surface area contributed by atoms with Crippen LogP contribution in [-0.2, 0) is 57.2 Å². The third-order valence-corrected chi connectivity index (χ3v) is 24.2. The summed E-state index contributed by atoms with van der Waals surface area (Å²) in [4.78, 5) is 67.5. The summed E-state index contributed by atoms with van der Waals surface area (Å²) in [5.74, 6) is -6.58. The molecule has 0 radical (unpaired) electrons. The van der Waals surface area contributed by atoms with Gasteiger partial charge in [-0.1, -0.05) is 116 Å². The number of anilines is 2. The Kier molecular flexibility index (Phi) is 22.0. The molecule has 7 aromatic rings. The molecule has 0 bridgehead atoms. The Balaban J connectivity index is 0.924. The summed E-state index contributed by atoms with van der Waals surface area (Å²) in [7, 11) is -7.15. The molecule has 91 heavy (non-hydrogen) atoms. The summed E-state index contributed by atoms with van der Waals surface area (Å²) in [6.07, 6.45) is 1.79. The largest absolute Gasteiger partial charge is 0.478 e. The number of piperidine rings is 2. The van der Waals surface area contributed by atoms with Gasteiger partial charge in [-0.15, -0.1) is 22.7 Å². The molecule has 4 heterocycles. The number of nitrogens with zero attached hydrogens (tertiary/aromatic N) is 3. The van der Waals surface area contributed by atoms with Crippen molar-refractivity contribution < 1.29 is 70.1 Å². The molecule has 1 saturated carbocycles. The van der Waals surface area contributed by atoms with Crippen LogP contribution >= 0.6 is 54.5 Å². The molecule has 2 atom stereocenters. The van der Waals surface area contributed by atoms with Gasteiger partial charge >= 0.3 is 23.9 Å². The predicted octanol–water partition coefficient (Wildman–Crippen LogP) is 12.8. The number of ether oxygens (including phenoxy) is 4. The number of esters is 2. The number of para-hydroxylation sites is 1. The van der Waals surface area contributed by atoms with Gasteiger partial charge in [0.25, 0.3) is 5.69 Å². The summed E-state index contributed by atoms with van der Waals surface area (Å²) < 4.78 is 80.5. The van der Waals surface area contributed by atoms with E-state index in [1.165, 1.54) is 32.9 Å². The number of benzene rings is 5. The van der Waals surface area contributed by atoms with E-state index >= 15 is 0 Å². The topological polar surface area (TPSA) is 288 Å². The van der Waals surface area contributed by atoms with Crippen molar-refractivity contribution in [1.82, 2.24) is 8.61 Å². The van der Waals surface area contributed by atoms with Gasteiger partial charge in [-0.25, -0.2) is 44.6 Å². The molecule has 2 unspecified atom stereocenters. The van der Waals surface area contributed by atoms with E-state index in [2.05, 4.69) is 42.5 Å². The Morgan fingerprint density at radius 2 is 1.01 bits per heavy atom. The highest BCUT2D eigenvalue weighted by Gasteiger charge is 2.43. The van der Waals surface area contributed by atoms with Crippen LogP contribution in [0, 0.1) is 16.0 Å². The van der Waals surface area contributed by atoms with Crippen molar-refractivity contribution in [2.45, 2.75) is 100 Å². The van der Waals surface area contributed by atoms with Gasteiger partial charge < -0.3 is 39.8 Å². The monoisotopic (exact) mass is 1450 g/mol. The van der Waals surface area contributed by atoms with Crippen LogP contribution in [0.1, 0.15) is 93.8 Å². The fourth-order valence-corrected chi connectivity index (χ4v) is 18.2. The lowest BCUT2D eigenvalue weighted by Gasteiger charge is -2.32. The highest BCUT2D eigenvalue weighted by atomic mass is 79.9. The van der Waals surface area contributed by atoms with Gasteiger partial charge in [0, 0.05) is 55.7 Å². The van der Waals surface area contributed by atoms with Crippen molar-refractivity contribution in [3.05, 3.63) is 179 Å². The molecule has 0 amide bonds. The maximum Gasteiger partial charge on any atom is 0.352 e. The van der Waals surface area contributed by atoms with Gasteiger partial charge in [0.1, 0.15) is 6.61 Å². The number of nitro benzene ring substituents is 1. The third-order valence-electron chi connectivity index (χ3n) is 16.0. The average Bonchev–Trinajstić information content (AvgIpc) is 1.70. The van der Waals surface area contributed by atoms with Crippen molar-refractivity contribution in [2.75, 3.05) is 43.4 Å². The predicted molar refractivity (Wildman–Crippen MR) is 353 cm³/mol. The molecule has 480 valence electrons. The molecule has 5 aromatic carbocycles. The number of carboxylic acid groups (broad SMARTS) is 2. The van der Waals surface area contributed by atoms with E-state index in [-0.39, 0.29) is 84.9 Å². The van der Waals surface area contributed by atoms with Crippen molar-refractivity contribution in [2.24, 2.45) is 5.92 Å². The summed E-state index contributed by atoms with van der Waals surface area (Å²) >= 11 is 8.87. The average molecular weight is 1450 g/mol. The number of halogens is 2. The second-order valence-corrected chi connectivity index (χ2v) is 30.0. The molecule has 2 aromatic heterocycles. The lowest BCUT2D eigenvalue weighted by atomic mass is 9.90. The minimum Gasteiger partial charge on any atom is -0.478 e. The Morgan fingerprint density at radius 3 is 1.45 bits per heavy atom. The Bertz CT molecular complexity index is 4000. The Labute approximate surface area is 551 Å². The minimum atomic E-state index is -3.58.